The normalized spacial score (nSPS) is 15.5. The Morgan fingerprint density at radius 2 is 1.75 bits per heavy atom. The van der Waals surface area contributed by atoms with E-state index >= 15 is 0 Å². The molecule has 1 N–H and O–H groups in total. The number of nitrogens with one attached hydrogen (secondary N) is 1. The number of aromatic nitrogens is 1. The Kier molecular flexibility index (Phi) is 6.70. The minimum absolute atomic E-state index is 0.00516. The molecule has 166 valence electrons. The van der Waals surface area contributed by atoms with Gasteiger partial charge >= 0.3 is 0 Å². The zero-order valence-corrected chi connectivity index (χ0v) is 19.4. The highest BCUT2D eigenvalue weighted by molar-refractivity contribution is 7.13. The number of hydrogen-bond acceptors (Lipinski definition) is 4. The maximum Gasteiger partial charge on any atom is 0.253 e. The first-order valence-electron chi connectivity index (χ1n) is 11.1. The molecule has 0 spiro atoms. The molecule has 0 aliphatic carbocycles. The molecule has 2 amide bonds. The van der Waals surface area contributed by atoms with Crippen molar-refractivity contribution in [1.29, 1.82) is 0 Å². The standard InChI is InChI=1S/C26H29N3O2S/c1-19(2)28-25(31)26(18-20-5-7-21(8-6-20)23-4-3-17-32-23)11-15-29(16-12-26)24(30)22-9-13-27-14-10-22/h3-10,13-14,17,19H,11-12,15-16,18H2,1-2H3,(H,28,31). The van der Waals surface area contributed by atoms with Gasteiger partial charge in [-0.05, 0) is 67.8 Å². The molecule has 1 aliphatic rings. The van der Waals surface area contributed by atoms with Crippen molar-refractivity contribution in [3.63, 3.8) is 0 Å². The number of thiophene rings is 1. The predicted molar refractivity (Wildman–Crippen MR) is 129 cm³/mol. The van der Waals surface area contributed by atoms with Crippen LogP contribution in [0, 0.1) is 5.41 Å². The molecule has 4 rings (SSSR count). The molecule has 32 heavy (non-hydrogen) atoms. The van der Waals surface area contributed by atoms with E-state index in [-0.39, 0.29) is 17.9 Å². The molecule has 2 aromatic heterocycles. The summed E-state index contributed by atoms with van der Waals surface area (Å²) in [5.74, 6) is 0.0939. The second-order valence-electron chi connectivity index (χ2n) is 8.79. The summed E-state index contributed by atoms with van der Waals surface area (Å²) < 4.78 is 0. The van der Waals surface area contributed by atoms with Gasteiger partial charge < -0.3 is 10.2 Å². The van der Waals surface area contributed by atoms with Gasteiger partial charge in [0.1, 0.15) is 0 Å². The SMILES string of the molecule is CC(C)NC(=O)C1(Cc2ccc(-c3cccs3)cc2)CCN(C(=O)c2ccncc2)CC1. The highest BCUT2D eigenvalue weighted by Crippen LogP contribution is 2.37. The summed E-state index contributed by atoms with van der Waals surface area (Å²) in [7, 11) is 0. The van der Waals surface area contributed by atoms with Crippen LogP contribution in [0.5, 0.6) is 0 Å². The first kappa shape index (κ1) is 22.2. The zero-order valence-electron chi connectivity index (χ0n) is 18.6. The molecule has 0 saturated carbocycles. The molecule has 1 aromatic carbocycles. The monoisotopic (exact) mass is 447 g/mol. The number of pyridine rings is 1. The highest BCUT2D eigenvalue weighted by Gasteiger charge is 2.42. The Morgan fingerprint density at radius 1 is 1.06 bits per heavy atom. The zero-order chi connectivity index (χ0) is 22.6. The number of carbonyl (C=O) groups is 2. The number of carbonyl (C=O) groups excluding carboxylic acids is 2. The number of benzene rings is 1. The average Bonchev–Trinajstić information content (AvgIpc) is 3.35. The van der Waals surface area contributed by atoms with Crippen LogP contribution in [0.2, 0.25) is 0 Å². The molecule has 1 saturated heterocycles. The van der Waals surface area contributed by atoms with Gasteiger partial charge in [-0.1, -0.05) is 30.3 Å². The van der Waals surface area contributed by atoms with E-state index in [2.05, 4.69) is 52.1 Å². The van der Waals surface area contributed by atoms with Crippen molar-refractivity contribution in [1.82, 2.24) is 15.2 Å². The number of likely N-dealkylation sites (tertiary alicyclic amines) is 1. The Balaban J connectivity index is 1.51. The summed E-state index contributed by atoms with van der Waals surface area (Å²) in [5.41, 5.74) is 2.48. The molecule has 0 bridgehead atoms. The van der Waals surface area contributed by atoms with E-state index in [1.165, 1.54) is 10.4 Å². The molecule has 0 radical (unpaired) electrons. The molecular weight excluding hydrogens is 418 g/mol. The van der Waals surface area contributed by atoms with E-state index in [4.69, 9.17) is 0 Å². The first-order valence-corrected chi connectivity index (χ1v) is 12.0. The van der Waals surface area contributed by atoms with Gasteiger partial charge in [-0.15, -0.1) is 11.3 Å². The predicted octanol–water partition coefficient (Wildman–Crippen LogP) is 4.80. The van der Waals surface area contributed by atoms with Crippen LogP contribution in [0.25, 0.3) is 10.4 Å². The van der Waals surface area contributed by atoms with Gasteiger partial charge in [0.25, 0.3) is 5.91 Å². The fraction of sp³-hybridized carbons (Fsp3) is 0.346. The van der Waals surface area contributed by atoms with Crippen LogP contribution < -0.4 is 5.32 Å². The lowest BCUT2D eigenvalue weighted by molar-refractivity contribution is -0.134. The quantitative estimate of drug-likeness (QED) is 0.590. The number of rotatable bonds is 6. The van der Waals surface area contributed by atoms with Crippen LogP contribution in [0.1, 0.15) is 42.6 Å². The van der Waals surface area contributed by atoms with Crippen molar-refractivity contribution in [3.05, 3.63) is 77.4 Å². The van der Waals surface area contributed by atoms with E-state index in [9.17, 15) is 9.59 Å². The fourth-order valence-corrected chi connectivity index (χ4v) is 5.07. The molecule has 1 fully saturated rings. The fourth-order valence-electron chi connectivity index (χ4n) is 4.33. The van der Waals surface area contributed by atoms with Gasteiger partial charge in [0.2, 0.25) is 5.91 Å². The molecule has 3 heterocycles. The van der Waals surface area contributed by atoms with Crippen LogP contribution in [-0.2, 0) is 11.2 Å². The van der Waals surface area contributed by atoms with Gasteiger partial charge in [0.15, 0.2) is 0 Å². The van der Waals surface area contributed by atoms with Crippen LogP contribution in [0.15, 0.2) is 66.3 Å². The molecule has 6 heteroatoms. The van der Waals surface area contributed by atoms with E-state index in [1.54, 1.807) is 35.9 Å². The molecule has 1 aliphatic heterocycles. The summed E-state index contributed by atoms with van der Waals surface area (Å²) in [5, 5.41) is 5.21. The van der Waals surface area contributed by atoms with Gasteiger partial charge in [-0.2, -0.15) is 0 Å². The third kappa shape index (κ3) is 4.91. The molecular formula is C26H29N3O2S. The van der Waals surface area contributed by atoms with E-state index < -0.39 is 5.41 Å². The lowest BCUT2D eigenvalue weighted by atomic mass is 9.72. The highest BCUT2D eigenvalue weighted by atomic mass is 32.1. The van der Waals surface area contributed by atoms with Crippen molar-refractivity contribution in [2.24, 2.45) is 5.41 Å². The Labute approximate surface area is 193 Å². The lowest BCUT2D eigenvalue weighted by Gasteiger charge is -2.41. The maximum absolute atomic E-state index is 13.3. The van der Waals surface area contributed by atoms with Gasteiger partial charge in [0, 0.05) is 42.0 Å². The number of amides is 2. The van der Waals surface area contributed by atoms with Crippen molar-refractivity contribution in [2.45, 2.75) is 39.2 Å². The third-order valence-corrected chi connectivity index (χ3v) is 7.06. The first-order chi connectivity index (χ1) is 15.5. The van der Waals surface area contributed by atoms with E-state index in [0.29, 0.717) is 37.9 Å². The number of piperidine rings is 1. The summed E-state index contributed by atoms with van der Waals surface area (Å²) >= 11 is 1.72. The number of hydrogen-bond donors (Lipinski definition) is 1. The smallest absolute Gasteiger partial charge is 0.253 e. The molecule has 0 unspecified atom stereocenters. The van der Waals surface area contributed by atoms with Crippen molar-refractivity contribution < 1.29 is 9.59 Å². The second-order valence-corrected chi connectivity index (χ2v) is 9.74. The van der Waals surface area contributed by atoms with Gasteiger partial charge in [0.05, 0.1) is 5.41 Å². The molecule has 5 nitrogen and oxygen atoms in total. The third-order valence-electron chi connectivity index (χ3n) is 6.14. The van der Waals surface area contributed by atoms with Crippen LogP contribution in [0.3, 0.4) is 0 Å². The van der Waals surface area contributed by atoms with Gasteiger partial charge in [-0.3, -0.25) is 14.6 Å². The van der Waals surface area contributed by atoms with Crippen molar-refractivity contribution >= 4 is 23.2 Å². The Bertz CT molecular complexity index is 1040. The molecule has 3 aromatic rings. The second kappa shape index (κ2) is 9.65. The Morgan fingerprint density at radius 3 is 2.34 bits per heavy atom. The number of nitrogens with zero attached hydrogens (tertiary/aromatic N) is 2. The van der Waals surface area contributed by atoms with Crippen molar-refractivity contribution in [2.75, 3.05) is 13.1 Å². The Hall–Kier alpha value is -2.99. The van der Waals surface area contributed by atoms with Crippen LogP contribution in [0.4, 0.5) is 0 Å². The molecule has 0 atom stereocenters. The summed E-state index contributed by atoms with van der Waals surface area (Å²) in [6.45, 7) is 5.12. The minimum atomic E-state index is -0.510. The van der Waals surface area contributed by atoms with E-state index in [0.717, 1.165) is 5.56 Å². The topological polar surface area (TPSA) is 62.3 Å². The lowest BCUT2D eigenvalue weighted by Crippen LogP contribution is -2.52. The van der Waals surface area contributed by atoms with Crippen LogP contribution >= 0.6 is 11.3 Å². The van der Waals surface area contributed by atoms with Gasteiger partial charge in [-0.25, -0.2) is 0 Å². The van der Waals surface area contributed by atoms with Crippen molar-refractivity contribution in [3.8, 4) is 10.4 Å². The van der Waals surface area contributed by atoms with E-state index in [1.807, 2.05) is 18.7 Å². The largest absolute Gasteiger partial charge is 0.353 e. The maximum atomic E-state index is 13.3. The summed E-state index contributed by atoms with van der Waals surface area (Å²) in [6.07, 6.45) is 5.24. The summed E-state index contributed by atoms with van der Waals surface area (Å²) in [6, 6.07) is 16.3. The average molecular weight is 448 g/mol. The van der Waals surface area contributed by atoms with Crippen LogP contribution in [-0.4, -0.2) is 40.8 Å². The minimum Gasteiger partial charge on any atom is -0.353 e. The summed E-state index contributed by atoms with van der Waals surface area (Å²) in [4.78, 5) is 33.3.